The van der Waals surface area contributed by atoms with Gasteiger partial charge < -0.3 is 0 Å². The van der Waals surface area contributed by atoms with Crippen LogP contribution >= 0.6 is 24.5 Å². The third-order valence-electron chi connectivity index (χ3n) is 7.47. The molecule has 0 saturated carbocycles. The van der Waals surface area contributed by atoms with E-state index >= 15 is 0 Å². The maximum atomic E-state index is 7.39. The third kappa shape index (κ3) is 6.41. The van der Waals surface area contributed by atoms with Crippen molar-refractivity contribution in [2.24, 2.45) is 0 Å². The molecule has 0 radical (unpaired) electrons. The Balaban J connectivity index is 0.000000189. The molecule has 214 valence electrons. The minimum absolute atomic E-state index is 0. The van der Waals surface area contributed by atoms with Crippen LogP contribution in [0.1, 0.15) is 0 Å². The van der Waals surface area contributed by atoms with E-state index in [2.05, 4.69) is 134 Å². The molecule has 0 spiro atoms. The zero-order valence-electron chi connectivity index (χ0n) is 23.3. The molecule has 0 bridgehead atoms. The Morgan fingerprint density at radius 3 is 0.786 bits per heavy atom. The third-order valence-corrected chi connectivity index (χ3v) is 16.9. The summed E-state index contributed by atoms with van der Waals surface area (Å²) < 4.78 is 0. The van der Waals surface area contributed by atoms with Gasteiger partial charge in [-0.1, -0.05) is 54.6 Å². The van der Waals surface area contributed by atoms with Crippen molar-refractivity contribution in [2.45, 2.75) is 0 Å². The van der Waals surface area contributed by atoms with E-state index < -0.39 is 13.2 Å². The first kappa shape index (κ1) is 32.1. The first-order chi connectivity index (χ1) is 19.9. The Bertz CT molecular complexity index is 1450. The molecule has 0 aliphatic heterocycles. The van der Waals surface area contributed by atoms with E-state index in [-0.39, 0.29) is 22.4 Å². The summed E-state index contributed by atoms with van der Waals surface area (Å²) in [5.41, 5.74) is 0. The molecule has 0 aromatic heterocycles. The molecule has 0 nitrogen and oxygen atoms in total. The summed E-state index contributed by atoms with van der Waals surface area (Å²) in [7, 11) is -1.78. The molecule has 0 atom stereocenters. The van der Waals surface area contributed by atoms with Gasteiger partial charge in [-0.2, -0.15) is 6.66 Å². The summed E-state index contributed by atoms with van der Waals surface area (Å²) >= 11 is 7.39. The Labute approximate surface area is 272 Å². The van der Waals surface area contributed by atoms with Crippen molar-refractivity contribution in [3.05, 3.63) is 195 Å². The molecule has 0 fully saturated rings. The molecule has 0 unspecified atom stereocenters. The van der Waals surface area contributed by atoms with E-state index in [0.717, 1.165) is 15.9 Å². The molecule has 4 heteroatoms. The molecule has 0 aliphatic carbocycles. The van der Waals surface area contributed by atoms with E-state index in [9.17, 15) is 0 Å². The van der Waals surface area contributed by atoms with Crippen LogP contribution in [-0.2, 0) is 22.4 Å². The van der Waals surface area contributed by atoms with Crippen molar-refractivity contribution in [3.63, 3.8) is 0 Å². The van der Waals surface area contributed by atoms with Crippen LogP contribution < -0.4 is 31.8 Å². The molecule has 0 heterocycles. The van der Waals surface area contributed by atoms with Crippen molar-refractivity contribution in [3.8, 4) is 0 Å². The summed E-state index contributed by atoms with van der Waals surface area (Å²) in [5.74, 6) is -3.15. The van der Waals surface area contributed by atoms with Crippen LogP contribution in [0.25, 0.3) is 0 Å². The van der Waals surface area contributed by atoms with E-state index in [0.29, 0.717) is 0 Å². The summed E-state index contributed by atoms with van der Waals surface area (Å²) in [4.78, 5) is 0. The fraction of sp³-hybridized carbons (Fsp3) is 0. The Morgan fingerprint density at radius 2 is 0.571 bits per heavy atom. The van der Waals surface area contributed by atoms with Crippen LogP contribution in [0, 0.1) is 13.3 Å². The van der Waals surface area contributed by atoms with Gasteiger partial charge in [0.25, 0.3) is 0 Å². The van der Waals surface area contributed by atoms with Gasteiger partial charge in [0.2, 0.25) is 0 Å². The Morgan fingerprint density at radius 1 is 0.381 bits per heavy atom. The van der Waals surface area contributed by atoms with E-state index in [1.165, 1.54) is 15.9 Å². The molecule has 0 N–H and O–H groups in total. The monoisotopic (exact) mass is 784 g/mol. The van der Waals surface area contributed by atoms with Crippen LogP contribution in [0.2, 0.25) is 0 Å². The second-order valence-corrected chi connectivity index (χ2v) is 19.3. The zero-order chi connectivity index (χ0) is 28.6. The summed E-state index contributed by atoms with van der Waals surface area (Å²) in [5, 5.41) is 7.21. The molecular formula is C38H34AuClP2. The second kappa shape index (κ2) is 14.1. The van der Waals surface area contributed by atoms with Gasteiger partial charge in [0, 0.05) is 0 Å². The van der Waals surface area contributed by atoms with Gasteiger partial charge in [0.1, 0.15) is 0 Å². The molecule has 42 heavy (non-hydrogen) atoms. The average molecular weight is 785 g/mol. The summed E-state index contributed by atoms with van der Waals surface area (Å²) in [6.07, 6.45) is 0. The maximum absolute atomic E-state index is 7.39. The van der Waals surface area contributed by atoms with Crippen LogP contribution in [0.5, 0.6) is 0 Å². The number of rotatable bonds is 6. The number of halogens is 1. The summed E-state index contributed by atoms with van der Waals surface area (Å²) in [6.45, 7) is 9.30. The van der Waals surface area contributed by atoms with Gasteiger partial charge in [0.05, 0.1) is 15.9 Å². The van der Waals surface area contributed by atoms with Crippen LogP contribution in [0.4, 0.5) is 0 Å². The van der Waals surface area contributed by atoms with Crippen molar-refractivity contribution in [1.82, 2.24) is 0 Å². The van der Waals surface area contributed by atoms with Crippen LogP contribution in [0.15, 0.2) is 182 Å². The van der Waals surface area contributed by atoms with Gasteiger partial charge in [-0.15, -0.1) is 0 Å². The SMILES string of the molecule is [Au+].[CH2-]P(Cl)(c1ccccc1)(c1ccccc1)c1ccccc1.[CH2-][P+](c1ccccc1)(c1ccccc1)c1ccccc1. The molecular weight excluding hydrogens is 751 g/mol. The molecule has 0 saturated heterocycles. The largest absolute Gasteiger partial charge is 0.165 e. The molecule has 6 aromatic carbocycles. The van der Waals surface area contributed by atoms with Gasteiger partial charge in [-0.05, 0) is 43.7 Å². The number of benzene rings is 6. The van der Waals surface area contributed by atoms with E-state index in [1.54, 1.807) is 0 Å². The maximum Gasteiger partial charge on any atom is 0.0748 e. The molecule has 6 aromatic rings. The van der Waals surface area contributed by atoms with E-state index in [4.69, 9.17) is 17.9 Å². The fourth-order valence-electron chi connectivity index (χ4n) is 5.16. The molecule has 0 amide bonds. The van der Waals surface area contributed by atoms with Crippen molar-refractivity contribution >= 4 is 56.3 Å². The first-order valence-electron chi connectivity index (χ1n) is 13.6. The molecule has 0 aliphatic rings. The smallest absolute Gasteiger partial charge is 0.0748 e. The van der Waals surface area contributed by atoms with Gasteiger partial charge in [-0.25, -0.2) is 0 Å². The number of hydrogen-bond donors (Lipinski definition) is 0. The predicted octanol–water partition coefficient (Wildman–Crippen LogP) is 8.23. The van der Waals surface area contributed by atoms with Crippen molar-refractivity contribution < 1.29 is 22.4 Å². The fourth-order valence-corrected chi connectivity index (χ4v) is 12.4. The van der Waals surface area contributed by atoms with Gasteiger partial charge in [-0.3, -0.25) is 0 Å². The van der Waals surface area contributed by atoms with E-state index in [1.807, 2.05) is 54.6 Å². The minimum atomic E-state index is -3.15. The normalized spacial score (nSPS) is 12.0. The summed E-state index contributed by atoms with van der Waals surface area (Å²) in [6, 6.07) is 62.6. The average Bonchev–Trinajstić information content (AvgIpc) is 3.07. The van der Waals surface area contributed by atoms with Crippen molar-refractivity contribution in [1.29, 1.82) is 0 Å². The second-order valence-electron chi connectivity index (χ2n) is 10.0. The standard InChI is InChI=1S/C19H17ClP.C19H17P.Au/c1-21(20,17-11-5-2-6-12-17,18-13-7-3-8-14-18)19-15-9-4-10-16-19;1-20(17-11-5-2-6-12-17,18-13-7-3-8-14-18)19-15-9-4-10-16-19;/h2-16H,1H2;2-16H,1H2;/q-1;;+1. The minimum Gasteiger partial charge on any atom is -0.165 e. The Hall–Kier alpha value is -2.79. The topological polar surface area (TPSA) is 0 Å². The van der Waals surface area contributed by atoms with Crippen LogP contribution in [-0.4, -0.2) is 0 Å². The van der Waals surface area contributed by atoms with Gasteiger partial charge >= 0.3 is 153 Å². The predicted molar refractivity (Wildman–Crippen MR) is 187 cm³/mol. The zero-order valence-corrected chi connectivity index (χ0v) is 28.0. The number of hydrogen-bond acceptors (Lipinski definition) is 0. The Kier molecular flexibility index (Phi) is 10.8. The first-order valence-corrected chi connectivity index (χ1v) is 18.9. The van der Waals surface area contributed by atoms with Crippen molar-refractivity contribution in [2.75, 3.05) is 0 Å². The molecule has 6 rings (SSSR count). The van der Waals surface area contributed by atoms with Gasteiger partial charge in [0.15, 0.2) is 0 Å². The van der Waals surface area contributed by atoms with Crippen LogP contribution in [0.3, 0.4) is 0 Å². The quantitative estimate of drug-likeness (QED) is 0.0908.